The van der Waals surface area contributed by atoms with Gasteiger partial charge in [-0.1, -0.05) is 54.6 Å². The van der Waals surface area contributed by atoms with Gasteiger partial charge in [0.1, 0.15) is 0 Å². The Morgan fingerprint density at radius 1 is 0.720 bits per heavy atom. The van der Waals surface area contributed by atoms with Crippen molar-refractivity contribution in [3.05, 3.63) is 84.2 Å². The minimum Gasteiger partial charge on any atom is -0.344 e. The maximum absolute atomic E-state index is 2.34. The lowest BCUT2D eigenvalue weighted by Gasteiger charge is -2.09. The number of para-hydroxylation sites is 1. The van der Waals surface area contributed by atoms with E-state index in [-0.39, 0.29) is 0 Å². The first kappa shape index (κ1) is 14.5. The van der Waals surface area contributed by atoms with Crippen molar-refractivity contribution < 1.29 is 0 Å². The Balaban J connectivity index is 1.95. The van der Waals surface area contributed by atoms with E-state index < -0.39 is 0 Å². The molecule has 0 bridgehead atoms. The van der Waals surface area contributed by atoms with Gasteiger partial charge in [0.2, 0.25) is 0 Å². The van der Waals surface area contributed by atoms with Crippen LogP contribution in [0.2, 0.25) is 0 Å². The van der Waals surface area contributed by atoms with E-state index in [2.05, 4.69) is 95.9 Å². The van der Waals surface area contributed by atoms with Crippen molar-refractivity contribution in [2.75, 3.05) is 0 Å². The minimum absolute atomic E-state index is 1.26. The van der Waals surface area contributed by atoms with Crippen LogP contribution in [0.1, 0.15) is 0 Å². The van der Waals surface area contributed by atoms with Crippen LogP contribution in [0.25, 0.3) is 43.4 Å². The quantitative estimate of drug-likeness (QED) is 0.336. The molecule has 25 heavy (non-hydrogen) atoms. The molecule has 5 aromatic rings. The lowest BCUT2D eigenvalue weighted by molar-refractivity contribution is 1.01. The molecular formula is C23H17NS. The Kier molecular flexibility index (Phi) is 3.25. The minimum atomic E-state index is 1.26. The van der Waals surface area contributed by atoms with Gasteiger partial charge in [0.05, 0.1) is 5.52 Å². The number of hydrogen-bond acceptors (Lipinski definition) is 1. The number of aryl methyl sites for hydroxylation is 1. The molecule has 120 valence electrons. The summed E-state index contributed by atoms with van der Waals surface area (Å²) in [6, 6.07) is 28.3. The number of hydrogen-bond donors (Lipinski definition) is 0. The molecule has 2 aromatic heterocycles. The average molecular weight is 339 g/mol. The van der Waals surface area contributed by atoms with Gasteiger partial charge in [-0.3, -0.25) is 0 Å². The van der Waals surface area contributed by atoms with Crippen molar-refractivity contribution in [2.45, 2.75) is 0 Å². The van der Waals surface area contributed by atoms with E-state index in [1.54, 1.807) is 11.3 Å². The maximum atomic E-state index is 2.34. The van der Waals surface area contributed by atoms with Crippen molar-refractivity contribution in [3.8, 4) is 21.6 Å². The number of fused-ring (bicyclic) bond motifs is 3. The van der Waals surface area contributed by atoms with Crippen LogP contribution in [0.15, 0.2) is 84.2 Å². The molecule has 0 N–H and O–H groups in total. The van der Waals surface area contributed by atoms with E-state index >= 15 is 0 Å². The maximum Gasteiger partial charge on any atom is 0.0501 e. The molecule has 0 amide bonds. The molecule has 5 rings (SSSR count). The Morgan fingerprint density at radius 3 is 2.32 bits per heavy atom. The summed E-state index contributed by atoms with van der Waals surface area (Å²) in [7, 11) is 2.16. The fourth-order valence-electron chi connectivity index (χ4n) is 3.71. The molecule has 0 fully saturated rings. The molecule has 0 saturated heterocycles. The van der Waals surface area contributed by atoms with Crippen LogP contribution in [0.4, 0.5) is 0 Å². The molecule has 0 aliphatic rings. The van der Waals surface area contributed by atoms with Gasteiger partial charge in [0, 0.05) is 33.8 Å². The molecule has 0 aliphatic heterocycles. The van der Waals surface area contributed by atoms with Gasteiger partial charge in [0.15, 0.2) is 0 Å². The molecule has 0 spiro atoms. The fourth-order valence-corrected chi connectivity index (χ4v) is 4.45. The molecule has 1 nitrogen and oxygen atoms in total. The van der Waals surface area contributed by atoms with Gasteiger partial charge in [-0.15, -0.1) is 11.3 Å². The average Bonchev–Trinajstić information content (AvgIpc) is 3.30. The first-order valence-electron chi connectivity index (χ1n) is 8.43. The summed E-state index contributed by atoms with van der Waals surface area (Å²) in [5.74, 6) is 0. The summed E-state index contributed by atoms with van der Waals surface area (Å²) in [5.41, 5.74) is 6.41. The zero-order chi connectivity index (χ0) is 16.8. The second-order valence-electron chi connectivity index (χ2n) is 6.34. The van der Waals surface area contributed by atoms with E-state index in [1.165, 1.54) is 43.4 Å². The normalized spacial score (nSPS) is 11.4. The largest absolute Gasteiger partial charge is 0.344 e. The molecule has 0 saturated carbocycles. The molecule has 2 heteroatoms. The van der Waals surface area contributed by atoms with Crippen LogP contribution in [0, 0.1) is 0 Å². The highest BCUT2D eigenvalue weighted by Crippen LogP contribution is 2.40. The first-order chi connectivity index (χ1) is 12.3. The second kappa shape index (κ2) is 5.61. The van der Waals surface area contributed by atoms with Crippen LogP contribution in [0.5, 0.6) is 0 Å². The molecule has 0 aliphatic carbocycles. The molecular weight excluding hydrogens is 322 g/mol. The standard InChI is InChI=1S/C23H17NS/c1-24-20-11-6-5-10-18(20)23-19(22-12-7-13-25-22)14-17(15-21(23)24)16-8-3-2-4-9-16/h2-15H,1H3. The lowest BCUT2D eigenvalue weighted by Crippen LogP contribution is -1.88. The van der Waals surface area contributed by atoms with E-state index in [0.29, 0.717) is 0 Å². The van der Waals surface area contributed by atoms with Gasteiger partial charge in [-0.2, -0.15) is 0 Å². The number of benzene rings is 3. The van der Waals surface area contributed by atoms with Crippen LogP contribution >= 0.6 is 11.3 Å². The van der Waals surface area contributed by atoms with E-state index in [0.717, 1.165) is 0 Å². The van der Waals surface area contributed by atoms with Crippen molar-refractivity contribution >= 4 is 33.1 Å². The zero-order valence-electron chi connectivity index (χ0n) is 13.9. The summed E-state index contributed by atoms with van der Waals surface area (Å²) in [4.78, 5) is 1.32. The predicted molar refractivity (Wildman–Crippen MR) is 109 cm³/mol. The molecule has 3 aromatic carbocycles. The van der Waals surface area contributed by atoms with Crippen LogP contribution in [-0.4, -0.2) is 4.57 Å². The summed E-state index contributed by atoms with van der Waals surface area (Å²) < 4.78 is 2.31. The van der Waals surface area contributed by atoms with Crippen LogP contribution < -0.4 is 0 Å². The highest BCUT2D eigenvalue weighted by Gasteiger charge is 2.15. The Labute approximate surface area is 150 Å². The van der Waals surface area contributed by atoms with Crippen molar-refractivity contribution in [1.82, 2.24) is 4.57 Å². The van der Waals surface area contributed by atoms with Crippen LogP contribution in [0.3, 0.4) is 0 Å². The summed E-state index contributed by atoms with van der Waals surface area (Å²) in [6.07, 6.45) is 0. The summed E-state index contributed by atoms with van der Waals surface area (Å²) in [5, 5.41) is 4.82. The molecule has 0 atom stereocenters. The predicted octanol–water partition coefficient (Wildman–Crippen LogP) is 6.73. The SMILES string of the molecule is Cn1c2ccccc2c2c(-c3cccs3)cc(-c3ccccc3)cc21. The molecule has 0 radical (unpaired) electrons. The topological polar surface area (TPSA) is 4.93 Å². The number of thiophene rings is 1. The smallest absolute Gasteiger partial charge is 0.0501 e. The number of rotatable bonds is 2. The van der Waals surface area contributed by atoms with Crippen LogP contribution in [-0.2, 0) is 7.05 Å². The third-order valence-corrected chi connectivity index (χ3v) is 5.81. The van der Waals surface area contributed by atoms with E-state index in [1.807, 2.05) is 0 Å². The van der Waals surface area contributed by atoms with Crippen molar-refractivity contribution in [2.24, 2.45) is 7.05 Å². The molecule has 0 unspecified atom stereocenters. The number of aromatic nitrogens is 1. The Bertz CT molecular complexity index is 1180. The van der Waals surface area contributed by atoms with Gasteiger partial charge < -0.3 is 4.57 Å². The molecule has 2 heterocycles. The zero-order valence-corrected chi connectivity index (χ0v) is 14.8. The lowest BCUT2D eigenvalue weighted by atomic mass is 9.98. The van der Waals surface area contributed by atoms with Gasteiger partial charge >= 0.3 is 0 Å². The third-order valence-electron chi connectivity index (χ3n) is 4.91. The monoisotopic (exact) mass is 339 g/mol. The van der Waals surface area contributed by atoms with Gasteiger partial charge in [-0.25, -0.2) is 0 Å². The highest BCUT2D eigenvalue weighted by molar-refractivity contribution is 7.13. The van der Waals surface area contributed by atoms with Gasteiger partial charge in [-0.05, 0) is 40.8 Å². The fraction of sp³-hybridized carbons (Fsp3) is 0.0435. The highest BCUT2D eigenvalue weighted by atomic mass is 32.1. The second-order valence-corrected chi connectivity index (χ2v) is 7.29. The Hall–Kier alpha value is -2.84. The third kappa shape index (κ3) is 2.22. The first-order valence-corrected chi connectivity index (χ1v) is 9.31. The number of nitrogens with zero attached hydrogens (tertiary/aromatic N) is 1. The van der Waals surface area contributed by atoms with E-state index in [9.17, 15) is 0 Å². The van der Waals surface area contributed by atoms with E-state index in [4.69, 9.17) is 0 Å². The Morgan fingerprint density at radius 2 is 1.52 bits per heavy atom. The summed E-state index contributed by atoms with van der Waals surface area (Å²) in [6.45, 7) is 0. The van der Waals surface area contributed by atoms with Crippen molar-refractivity contribution in [1.29, 1.82) is 0 Å². The van der Waals surface area contributed by atoms with Crippen molar-refractivity contribution in [3.63, 3.8) is 0 Å². The summed E-state index contributed by atoms with van der Waals surface area (Å²) >= 11 is 1.80. The van der Waals surface area contributed by atoms with Gasteiger partial charge in [0.25, 0.3) is 0 Å².